The zero-order valence-electron chi connectivity index (χ0n) is 10.1. The van der Waals surface area contributed by atoms with E-state index in [4.69, 9.17) is 9.47 Å². The van der Waals surface area contributed by atoms with Crippen molar-refractivity contribution >= 4 is 0 Å². The highest BCUT2D eigenvalue weighted by molar-refractivity contribution is 5.28. The first-order valence-electron chi connectivity index (χ1n) is 5.53. The van der Waals surface area contributed by atoms with E-state index in [1.165, 1.54) is 5.56 Å². The van der Waals surface area contributed by atoms with Crippen molar-refractivity contribution in [2.45, 2.75) is 25.9 Å². The lowest BCUT2D eigenvalue weighted by molar-refractivity contribution is 0.0325. The van der Waals surface area contributed by atoms with Crippen molar-refractivity contribution in [3.8, 4) is 5.75 Å². The number of benzene rings is 1. The zero-order valence-corrected chi connectivity index (χ0v) is 10.1. The third kappa shape index (κ3) is 4.21. The molecule has 90 valence electrons. The summed E-state index contributed by atoms with van der Waals surface area (Å²) in [5.74, 6) is 1.30. The van der Waals surface area contributed by atoms with Gasteiger partial charge in [0.25, 0.3) is 0 Å². The van der Waals surface area contributed by atoms with Crippen molar-refractivity contribution in [2.75, 3.05) is 20.3 Å². The molecule has 0 saturated heterocycles. The van der Waals surface area contributed by atoms with Crippen LogP contribution in [-0.4, -0.2) is 31.5 Å². The summed E-state index contributed by atoms with van der Waals surface area (Å²) >= 11 is 0. The molecule has 1 rings (SSSR count). The molecule has 3 nitrogen and oxygen atoms in total. The average molecular weight is 224 g/mol. The van der Waals surface area contributed by atoms with E-state index in [1.807, 2.05) is 24.3 Å². The first-order valence-corrected chi connectivity index (χ1v) is 5.53. The Morgan fingerprint density at radius 3 is 2.25 bits per heavy atom. The predicted molar refractivity (Wildman–Crippen MR) is 63.9 cm³/mol. The van der Waals surface area contributed by atoms with Crippen LogP contribution in [0.15, 0.2) is 24.3 Å². The fourth-order valence-corrected chi connectivity index (χ4v) is 1.38. The molecule has 0 radical (unpaired) electrons. The fourth-order valence-electron chi connectivity index (χ4n) is 1.38. The van der Waals surface area contributed by atoms with Gasteiger partial charge in [-0.05, 0) is 23.6 Å². The summed E-state index contributed by atoms with van der Waals surface area (Å²) in [5.41, 5.74) is 1.28. The maximum atomic E-state index is 9.40. The van der Waals surface area contributed by atoms with Gasteiger partial charge in [0.2, 0.25) is 0 Å². The second kappa shape index (κ2) is 6.51. The molecule has 0 fully saturated rings. The fraction of sp³-hybridized carbons (Fsp3) is 0.538. The molecular formula is C13H20O3. The van der Waals surface area contributed by atoms with E-state index in [0.717, 1.165) is 5.75 Å². The van der Waals surface area contributed by atoms with Crippen LogP contribution in [0.4, 0.5) is 0 Å². The van der Waals surface area contributed by atoms with Gasteiger partial charge in [0.15, 0.2) is 0 Å². The highest BCUT2D eigenvalue weighted by Gasteiger charge is 2.04. The lowest BCUT2D eigenvalue weighted by Gasteiger charge is -2.12. The summed E-state index contributed by atoms with van der Waals surface area (Å²) in [6.07, 6.45) is -0.574. The molecule has 0 aliphatic heterocycles. The van der Waals surface area contributed by atoms with Gasteiger partial charge in [-0.3, -0.25) is 0 Å². The van der Waals surface area contributed by atoms with Gasteiger partial charge in [0.1, 0.15) is 18.5 Å². The maximum absolute atomic E-state index is 9.40. The van der Waals surface area contributed by atoms with Crippen LogP contribution in [0.3, 0.4) is 0 Å². The van der Waals surface area contributed by atoms with Gasteiger partial charge in [-0.1, -0.05) is 26.0 Å². The van der Waals surface area contributed by atoms with Gasteiger partial charge in [0, 0.05) is 7.11 Å². The standard InChI is InChI=1S/C13H20O3/c1-10(2)11-4-6-13(7-5-11)16-9-12(14)8-15-3/h4-7,10,12,14H,8-9H2,1-3H3. The second-order valence-corrected chi connectivity index (χ2v) is 4.14. The van der Waals surface area contributed by atoms with Crippen molar-refractivity contribution in [1.82, 2.24) is 0 Å². The van der Waals surface area contributed by atoms with E-state index in [-0.39, 0.29) is 6.61 Å². The van der Waals surface area contributed by atoms with Crippen molar-refractivity contribution < 1.29 is 14.6 Å². The van der Waals surface area contributed by atoms with Crippen LogP contribution in [0.5, 0.6) is 5.75 Å². The summed E-state index contributed by atoms with van der Waals surface area (Å²) in [4.78, 5) is 0. The summed E-state index contributed by atoms with van der Waals surface area (Å²) in [6, 6.07) is 7.94. The molecule has 1 atom stereocenters. The van der Waals surface area contributed by atoms with Crippen LogP contribution in [-0.2, 0) is 4.74 Å². The summed E-state index contributed by atoms with van der Waals surface area (Å²) in [5, 5.41) is 9.40. The van der Waals surface area contributed by atoms with Crippen molar-refractivity contribution in [3.05, 3.63) is 29.8 Å². The van der Waals surface area contributed by atoms with E-state index >= 15 is 0 Å². The molecule has 0 aromatic heterocycles. The van der Waals surface area contributed by atoms with Crippen LogP contribution in [0.2, 0.25) is 0 Å². The van der Waals surface area contributed by atoms with Crippen LogP contribution in [0.25, 0.3) is 0 Å². The third-order valence-electron chi connectivity index (χ3n) is 2.35. The Bertz CT molecular complexity index is 293. The molecule has 1 unspecified atom stereocenters. The predicted octanol–water partition coefficient (Wildman–Crippen LogP) is 2.20. The van der Waals surface area contributed by atoms with Crippen LogP contribution >= 0.6 is 0 Å². The van der Waals surface area contributed by atoms with E-state index in [0.29, 0.717) is 12.5 Å². The number of hydrogen-bond donors (Lipinski definition) is 1. The number of rotatable bonds is 6. The molecule has 0 aliphatic rings. The molecule has 3 heteroatoms. The largest absolute Gasteiger partial charge is 0.491 e. The molecule has 1 aromatic rings. The lowest BCUT2D eigenvalue weighted by Crippen LogP contribution is -2.22. The average Bonchev–Trinajstić information content (AvgIpc) is 2.27. The van der Waals surface area contributed by atoms with Gasteiger partial charge in [-0.25, -0.2) is 0 Å². The Kier molecular flexibility index (Phi) is 5.29. The van der Waals surface area contributed by atoms with E-state index in [2.05, 4.69) is 13.8 Å². The smallest absolute Gasteiger partial charge is 0.119 e. The van der Waals surface area contributed by atoms with Gasteiger partial charge in [0.05, 0.1) is 6.61 Å². The van der Waals surface area contributed by atoms with Crippen LogP contribution in [0, 0.1) is 0 Å². The number of hydrogen-bond acceptors (Lipinski definition) is 3. The molecule has 0 spiro atoms. The third-order valence-corrected chi connectivity index (χ3v) is 2.35. The zero-order chi connectivity index (χ0) is 12.0. The molecule has 1 N–H and O–H groups in total. The van der Waals surface area contributed by atoms with Crippen molar-refractivity contribution in [2.24, 2.45) is 0 Å². The molecule has 0 amide bonds. The quantitative estimate of drug-likeness (QED) is 0.805. The second-order valence-electron chi connectivity index (χ2n) is 4.14. The van der Waals surface area contributed by atoms with E-state index in [1.54, 1.807) is 7.11 Å². The van der Waals surface area contributed by atoms with Crippen LogP contribution in [0.1, 0.15) is 25.3 Å². The highest BCUT2D eigenvalue weighted by atomic mass is 16.5. The number of ether oxygens (including phenoxy) is 2. The first-order chi connectivity index (χ1) is 7.63. The number of methoxy groups -OCH3 is 1. The lowest BCUT2D eigenvalue weighted by atomic mass is 10.0. The van der Waals surface area contributed by atoms with E-state index in [9.17, 15) is 5.11 Å². The number of aliphatic hydroxyl groups is 1. The molecule has 1 aromatic carbocycles. The molecular weight excluding hydrogens is 204 g/mol. The summed E-state index contributed by atoms with van der Waals surface area (Å²) < 4.78 is 10.2. The first kappa shape index (κ1) is 13.0. The SMILES string of the molecule is COCC(O)COc1ccc(C(C)C)cc1. The molecule has 0 saturated carbocycles. The Morgan fingerprint density at radius 1 is 1.12 bits per heavy atom. The van der Waals surface area contributed by atoms with Gasteiger partial charge < -0.3 is 14.6 Å². The van der Waals surface area contributed by atoms with Gasteiger partial charge >= 0.3 is 0 Å². The molecule has 16 heavy (non-hydrogen) atoms. The minimum atomic E-state index is -0.574. The monoisotopic (exact) mass is 224 g/mol. The molecule has 0 aliphatic carbocycles. The Morgan fingerprint density at radius 2 is 1.75 bits per heavy atom. The molecule has 0 heterocycles. The van der Waals surface area contributed by atoms with Gasteiger partial charge in [-0.15, -0.1) is 0 Å². The normalized spacial score (nSPS) is 12.8. The minimum Gasteiger partial charge on any atom is -0.491 e. The minimum absolute atomic E-state index is 0.259. The van der Waals surface area contributed by atoms with Crippen molar-refractivity contribution in [3.63, 3.8) is 0 Å². The van der Waals surface area contributed by atoms with Crippen LogP contribution < -0.4 is 4.74 Å². The topological polar surface area (TPSA) is 38.7 Å². The Labute approximate surface area is 97.0 Å². The highest BCUT2D eigenvalue weighted by Crippen LogP contribution is 2.18. The molecule has 0 bridgehead atoms. The van der Waals surface area contributed by atoms with E-state index < -0.39 is 6.10 Å². The Balaban J connectivity index is 2.43. The maximum Gasteiger partial charge on any atom is 0.119 e. The number of aliphatic hydroxyl groups excluding tert-OH is 1. The summed E-state index contributed by atoms with van der Waals surface area (Å²) in [7, 11) is 1.56. The van der Waals surface area contributed by atoms with Crippen molar-refractivity contribution in [1.29, 1.82) is 0 Å². The van der Waals surface area contributed by atoms with Gasteiger partial charge in [-0.2, -0.15) is 0 Å². The Hall–Kier alpha value is -1.06. The summed E-state index contributed by atoms with van der Waals surface area (Å²) in [6.45, 7) is 4.86.